The minimum absolute atomic E-state index is 0.130. The summed E-state index contributed by atoms with van der Waals surface area (Å²) < 4.78 is 111. The van der Waals surface area contributed by atoms with Crippen molar-refractivity contribution in [2.24, 2.45) is 0 Å². The van der Waals surface area contributed by atoms with Gasteiger partial charge < -0.3 is 0 Å². The van der Waals surface area contributed by atoms with Crippen LogP contribution in [0.2, 0.25) is 0 Å². The predicted octanol–water partition coefficient (Wildman–Crippen LogP) is 1.03. The SMILES string of the molecule is O=P(Cl)(Cl)Cl.O=S(=O)(O)CCCS(=O)(=O)O.O=S1(=O)CCCS(=O)(=O)O1. The largest absolute Gasteiger partial charge is 0.339 e. The molecule has 1 rings (SSSR count). The van der Waals surface area contributed by atoms with Gasteiger partial charge in [0.05, 0.1) is 23.0 Å². The maximum Gasteiger partial charge on any atom is 0.339 e. The second-order valence-corrected chi connectivity index (χ2v) is 17.6. The smallest absolute Gasteiger partial charge is 0.286 e. The topological polar surface area (TPSA) is 203 Å². The highest BCUT2D eigenvalue weighted by atomic mass is 36.0. The van der Waals surface area contributed by atoms with Crippen molar-refractivity contribution in [2.75, 3.05) is 23.0 Å². The maximum absolute atomic E-state index is 10.5. The highest BCUT2D eigenvalue weighted by Gasteiger charge is 2.28. The average molecular weight is 544 g/mol. The molecule has 0 atom stereocenters. The molecule has 0 bridgehead atoms. The average Bonchev–Trinajstić information content (AvgIpc) is 2.19. The van der Waals surface area contributed by atoms with E-state index in [0.29, 0.717) is 0 Å². The van der Waals surface area contributed by atoms with E-state index in [0.717, 1.165) is 0 Å². The molecule has 1 fully saturated rings. The van der Waals surface area contributed by atoms with Crippen LogP contribution in [0.3, 0.4) is 0 Å². The molecule has 20 heteroatoms. The van der Waals surface area contributed by atoms with Gasteiger partial charge in [0.15, 0.2) is 0 Å². The molecular formula is C6H14Cl3O12PS4. The van der Waals surface area contributed by atoms with E-state index >= 15 is 0 Å². The van der Waals surface area contributed by atoms with Gasteiger partial charge in [-0.05, 0) is 46.6 Å². The van der Waals surface area contributed by atoms with Crippen LogP contribution in [0.1, 0.15) is 12.8 Å². The van der Waals surface area contributed by atoms with E-state index in [4.69, 9.17) is 9.11 Å². The summed E-state index contributed by atoms with van der Waals surface area (Å²) in [5, 5.41) is -3.22. The Kier molecular flexibility index (Phi) is 12.4. The van der Waals surface area contributed by atoms with Gasteiger partial charge in [-0.15, -0.1) is 3.63 Å². The van der Waals surface area contributed by atoms with Gasteiger partial charge in [0.2, 0.25) is 0 Å². The molecule has 1 aliphatic heterocycles. The normalized spacial score (nSPS) is 19.3. The zero-order valence-electron chi connectivity index (χ0n) is 12.4. The van der Waals surface area contributed by atoms with Gasteiger partial charge in [-0.1, -0.05) is 0 Å². The lowest BCUT2D eigenvalue weighted by molar-refractivity contribution is 0.450. The third-order valence-electron chi connectivity index (χ3n) is 1.80. The third kappa shape index (κ3) is 27.0. The highest BCUT2D eigenvalue weighted by Crippen LogP contribution is 2.61. The molecule has 0 aromatic rings. The Labute approximate surface area is 165 Å². The summed E-state index contributed by atoms with van der Waals surface area (Å²) >= 11 is 13.8. The molecule has 0 spiro atoms. The van der Waals surface area contributed by atoms with Gasteiger partial charge in [-0.2, -0.15) is 33.7 Å². The van der Waals surface area contributed by atoms with Gasteiger partial charge in [0.1, 0.15) is 0 Å². The Morgan fingerprint density at radius 1 is 0.846 bits per heavy atom. The van der Waals surface area contributed by atoms with Crippen LogP contribution in [0.15, 0.2) is 0 Å². The molecule has 0 aromatic carbocycles. The van der Waals surface area contributed by atoms with E-state index in [1.807, 2.05) is 0 Å². The zero-order chi connectivity index (χ0) is 21.4. The first kappa shape index (κ1) is 29.0. The summed E-state index contributed by atoms with van der Waals surface area (Å²) in [7, 11) is -15.8. The van der Waals surface area contributed by atoms with Gasteiger partial charge in [-0.3, -0.25) is 13.7 Å². The lowest BCUT2D eigenvalue weighted by Crippen LogP contribution is -2.25. The van der Waals surface area contributed by atoms with Crippen molar-refractivity contribution in [1.29, 1.82) is 0 Å². The molecule has 26 heavy (non-hydrogen) atoms. The van der Waals surface area contributed by atoms with Gasteiger partial charge in [0, 0.05) is 0 Å². The first-order valence-electron chi connectivity index (χ1n) is 5.88. The standard InChI is InChI=1S/C3H8O6S2.C3H6O5S2.Cl3OP/c4-10(5,6)2-1-3-11(7,8)9;4-9(5)2-1-3-10(6,7)8-9;1-5(2,3)4/h1-3H2,(H,4,5,6)(H,7,8,9);1-3H2;. The fourth-order valence-electron chi connectivity index (χ4n) is 1.06. The van der Waals surface area contributed by atoms with Crippen LogP contribution in [0.25, 0.3) is 0 Å². The van der Waals surface area contributed by atoms with Crippen LogP contribution in [0, 0.1) is 0 Å². The molecule has 0 unspecified atom stereocenters. The van der Waals surface area contributed by atoms with Crippen molar-refractivity contribution >= 4 is 79.4 Å². The highest BCUT2D eigenvalue weighted by molar-refractivity contribution is 8.24. The second-order valence-electron chi connectivity index (χ2n) is 4.27. The molecule has 1 saturated heterocycles. The van der Waals surface area contributed by atoms with E-state index in [1.165, 1.54) is 0 Å². The van der Waals surface area contributed by atoms with E-state index < -0.39 is 57.2 Å². The van der Waals surface area contributed by atoms with Crippen LogP contribution in [0.5, 0.6) is 0 Å². The summed E-state index contributed by atoms with van der Waals surface area (Å²) in [6.07, 6.45) is -0.178. The quantitative estimate of drug-likeness (QED) is 0.377. The monoisotopic (exact) mass is 542 g/mol. The third-order valence-corrected chi connectivity index (χ3v) is 6.65. The molecule has 0 radical (unpaired) electrons. The number of rotatable bonds is 4. The number of hydrogen-bond acceptors (Lipinski definition) is 10. The number of hydrogen-bond donors (Lipinski definition) is 2. The van der Waals surface area contributed by atoms with Crippen LogP contribution in [0.4, 0.5) is 0 Å². The van der Waals surface area contributed by atoms with E-state index in [2.05, 4.69) is 37.4 Å². The number of halogens is 3. The van der Waals surface area contributed by atoms with Crippen LogP contribution >= 0.6 is 38.9 Å². The molecule has 2 N–H and O–H groups in total. The summed E-state index contributed by atoms with van der Waals surface area (Å²) in [6, 6.07) is 0. The molecule has 0 aromatic heterocycles. The van der Waals surface area contributed by atoms with Crippen molar-refractivity contribution in [3.05, 3.63) is 0 Å². The lowest BCUT2D eigenvalue weighted by atomic mass is 10.6. The van der Waals surface area contributed by atoms with Crippen molar-refractivity contribution in [2.45, 2.75) is 12.8 Å². The Bertz CT molecular complexity index is 828. The fourth-order valence-corrected chi connectivity index (χ4v) is 5.25. The second kappa shape index (κ2) is 11.1. The van der Waals surface area contributed by atoms with Crippen LogP contribution in [-0.2, 0) is 48.7 Å². The van der Waals surface area contributed by atoms with Gasteiger partial charge in [-0.25, -0.2) is 0 Å². The molecule has 0 amide bonds. The van der Waals surface area contributed by atoms with Gasteiger partial charge >= 0.3 is 5.20 Å². The van der Waals surface area contributed by atoms with E-state index in [9.17, 15) is 38.2 Å². The van der Waals surface area contributed by atoms with Crippen molar-refractivity contribution in [1.82, 2.24) is 0 Å². The molecule has 160 valence electrons. The first-order valence-corrected chi connectivity index (χ1v) is 16.7. The maximum atomic E-state index is 10.5. The van der Waals surface area contributed by atoms with Crippen molar-refractivity contribution in [3.8, 4) is 0 Å². The Hall–Kier alpha value is 0.780. The molecule has 1 aliphatic rings. The van der Waals surface area contributed by atoms with Crippen LogP contribution in [-0.4, -0.2) is 65.8 Å². The Morgan fingerprint density at radius 2 is 1.12 bits per heavy atom. The molecule has 0 saturated carbocycles. The summed E-state index contributed by atoms with van der Waals surface area (Å²) in [5.41, 5.74) is 0. The summed E-state index contributed by atoms with van der Waals surface area (Å²) in [5.74, 6) is -1.72. The van der Waals surface area contributed by atoms with Crippen molar-refractivity contribution in [3.63, 3.8) is 0 Å². The molecule has 12 nitrogen and oxygen atoms in total. The summed E-state index contributed by atoms with van der Waals surface area (Å²) in [6.45, 7) is 0. The predicted molar refractivity (Wildman–Crippen MR) is 95.9 cm³/mol. The van der Waals surface area contributed by atoms with Crippen molar-refractivity contribution < 1.29 is 51.0 Å². The zero-order valence-corrected chi connectivity index (χ0v) is 18.9. The molecule has 1 heterocycles. The molecular weight excluding hydrogens is 530 g/mol. The van der Waals surface area contributed by atoms with E-state index in [1.54, 1.807) is 0 Å². The minimum atomic E-state index is -4.12. The van der Waals surface area contributed by atoms with Gasteiger partial charge in [0.25, 0.3) is 40.5 Å². The minimum Gasteiger partial charge on any atom is -0.286 e. The van der Waals surface area contributed by atoms with E-state index in [-0.39, 0.29) is 24.3 Å². The first-order chi connectivity index (χ1) is 11.1. The lowest BCUT2D eigenvalue weighted by Gasteiger charge is -2.09. The Morgan fingerprint density at radius 3 is 1.27 bits per heavy atom. The molecule has 0 aliphatic carbocycles. The Balaban J connectivity index is 0. The summed E-state index contributed by atoms with van der Waals surface area (Å²) in [4.78, 5) is 0. The fraction of sp³-hybridized carbons (Fsp3) is 1.00. The van der Waals surface area contributed by atoms with Crippen LogP contribution < -0.4 is 0 Å².